The lowest BCUT2D eigenvalue weighted by atomic mass is 10.2. The van der Waals surface area contributed by atoms with Crippen LogP contribution in [0.3, 0.4) is 0 Å². The molecule has 2 rings (SSSR count). The van der Waals surface area contributed by atoms with Crippen molar-refractivity contribution in [3.05, 3.63) is 52.1 Å². The summed E-state index contributed by atoms with van der Waals surface area (Å²) in [4.78, 5) is 27.8. The lowest BCUT2D eigenvalue weighted by Crippen LogP contribution is -2.32. The number of carbonyl (C=O) groups excluding carboxylic acids is 2. The zero-order valence-corrected chi connectivity index (χ0v) is 15.1. The van der Waals surface area contributed by atoms with Crippen molar-refractivity contribution in [1.29, 1.82) is 0 Å². The molecule has 0 bridgehead atoms. The molecule has 1 aromatic heterocycles. The molecule has 1 heterocycles. The second-order valence-corrected chi connectivity index (χ2v) is 6.00. The molecule has 0 fully saturated rings. The van der Waals surface area contributed by atoms with Crippen LogP contribution in [0.1, 0.15) is 12.5 Å². The van der Waals surface area contributed by atoms with E-state index in [1.54, 1.807) is 12.1 Å². The molecule has 0 aliphatic rings. The van der Waals surface area contributed by atoms with Crippen molar-refractivity contribution in [2.45, 2.75) is 20.0 Å². The summed E-state index contributed by atoms with van der Waals surface area (Å²) in [6.07, 6.45) is 0.303. The monoisotopic (exact) mass is 382 g/mol. The Morgan fingerprint density at radius 1 is 1.28 bits per heavy atom. The predicted octanol–water partition coefficient (Wildman–Crippen LogP) is 3.65. The van der Waals surface area contributed by atoms with E-state index in [2.05, 4.69) is 10.3 Å². The molecule has 1 atom stereocenters. The number of halogens is 2. The number of ether oxygens (including phenoxy) is 2. The molecule has 0 spiro atoms. The summed E-state index contributed by atoms with van der Waals surface area (Å²) in [6.45, 7) is 2.99. The van der Waals surface area contributed by atoms with Crippen LogP contribution in [0.2, 0.25) is 10.0 Å². The lowest BCUT2D eigenvalue weighted by molar-refractivity contribution is -0.155. The number of nitrogens with one attached hydrogen (secondary N) is 1. The van der Waals surface area contributed by atoms with E-state index in [0.717, 1.165) is 5.56 Å². The summed E-state index contributed by atoms with van der Waals surface area (Å²) in [5, 5.41) is 2.99. The first kappa shape index (κ1) is 19.0. The standard InChI is InChI=1S/C17H16Cl2N2O4/c1-10-5-3-4-6-14(10)24-9-15(22)25-11(2)17(23)21-16-13(19)7-12(18)8-20-16/h3-8,11H,9H2,1-2H3,(H,20,21,23)/t11-/m1/s1. The van der Waals surface area contributed by atoms with Crippen LogP contribution in [0.5, 0.6) is 5.75 Å². The summed E-state index contributed by atoms with van der Waals surface area (Å²) >= 11 is 11.7. The second-order valence-electron chi connectivity index (χ2n) is 5.16. The highest BCUT2D eigenvalue weighted by molar-refractivity contribution is 6.36. The smallest absolute Gasteiger partial charge is 0.344 e. The van der Waals surface area contributed by atoms with Gasteiger partial charge in [0.15, 0.2) is 18.5 Å². The Bertz CT molecular complexity index is 783. The molecular formula is C17H16Cl2N2O4. The predicted molar refractivity (Wildman–Crippen MR) is 95.1 cm³/mol. The molecule has 25 heavy (non-hydrogen) atoms. The molecule has 0 aliphatic heterocycles. The quantitative estimate of drug-likeness (QED) is 0.771. The van der Waals surface area contributed by atoms with Gasteiger partial charge in [0.2, 0.25) is 0 Å². The molecule has 0 unspecified atom stereocenters. The zero-order chi connectivity index (χ0) is 18.4. The number of aryl methyl sites for hydroxylation is 1. The summed E-state index contributed by atoms with van der Waals surface area (Å²) in [6, 6.07) is 8.71. The van der Waals surface area contributed by atoms with Gasteiger partial charge in [-0.05, 0) is 31.5 Å². The molecule has 0 saturated heterocycles. The molecule has 0 aliphatic carbocycles. The van der Waals surface area contributed by atoms with Gasteiger partial charge in [-0.1, -0.05) is 41.4 Å². The maximum atomic E-state index is 12.1. The number of nitrogens with zero attached hydrogens (tertiary/aromatic N) is 1. The van der Waals surface area contributed by atoms with Crippen LogP contribution in [0.15, 0.2) is 36.5 Å². The Kier molecular flexibility index (Phi) is 6.61. The minimum atomic E-state index is -1.04. The number of anilines is 1. The fourth-order valence-corrected chi connectivity index (χ4v) is 2.29. The first-order valence-electron chi connectivity index (χ1n) is 7.36. The average Bonchev–Trinajstić information content (AvgIpc) is 2.56. The van der Waals surface area contributed by atoms with Gasteiger partial charge in [0, 0.05) is 6.20 Å². The second kappa shape index (κ2) is 8.69. The van der Waals surface area contributed by atoms with Gasteiger partial charge >= 0.3 is 5.97 Å². The van der Waals surface area contributed by atoms with E-state index in [0.29, 0.717) is 10.8 Å². The number of benzene rings is 1. The third kappa shape index (κ3) is 5.62. The summed E-state index contributed by atoms with van der Waals surface area (Å²) < 4.78 is 10.4. The first-order valence-corrected chi connectivity index (χ1v) is 8.12. The number of carbonyl (C=O) groups is 2. The van der Waals surface area contributed by atoms with E-state index in [4.69, 9.17) is 32.7 Å². The third-order valence-electron chi connectivity index (χ3n) is 3.17. The van der Waals surface area contributed by atoms with Gasteiger partial charge < -0.3 is 14.8 Å². The van der Waals surface area contributed by atoms with E-state index < -0.39 is 18.0 Å². The van der Waals surface area contributed by atoms with Crippen molar-refractivity contribution >= 4 is 40.9 Å². The zero-order valence-electron chi connectivity index (χ0n) is 13.6. The molecule has 1 aromatic carbocycles. The highest BCUT2D eigenvalue weighted by atomic mass is 35.5. The molecule has 8 heteroatoms. The number of rotatable bonds is 6. The van der Waals surface area contributed by atoms with Gasteiger partial charge in [0.05, 0.1) is 10.0 Å². The highest BCUT2D eigenvalue weighted by Crippen LogP contribution is 2.22. The number of hydrogen-bond acceptors (Lipinski definition) is 5. The van der Waals surface area contributed by atoms with Crippen molar-refractivity contribution in [2.24, 2.45) is 0 Å². The Balaban J connectivity index is 1.85. The van der Waals surface area contributed by atoms with Crippen LogP contribution < -0.4 is 10.1 Å². The molecule has 1 N–H and O–H groups in total. The van der Waals surface area contributed by atoms with E-state index >= 15 is 0 Å². The fourth-order valence-electron chi connectivity index (χ4n) is 1.86. The van der Waals surface area contributed by atoms with Crippen LogP contribution in [0.25, 0.3) is 0 Å². The normalized spacial score (nSPS) is 11.5. The molecule has 132 valence electrons. The van der Waals surface area contributed by atoms with Crippen molar-refractivity contribution in [3.8, 4) is 5.75 Å². The SMILES string of the molecule is Cc1ccccc1OCC(=O)O[C@H](C)C(=O)Nc1ncc(Cl)cc1Cl. The molecular weight excluding hydrogens is 367 g/mol. The van der Waals surface area contributed by atoms with Gasteiger partial charge in [0.25, 0.3) is 5.91 Å². The maximum absolute atomic E-state index is 12.1. The summed E-state index contributed by atoms with van der Waals surface area (Å²) in [5.74, 6) is -0.522. The van der Waals surface area contributed by atoms with Crippen molar-refractivity contribution in [3.63, 3.8) is 0 Å². The van der Waals surface area contributed by atoms with Gasteiger partial charge in [-0.2, -0.15) is 0 Å². The topological polar surface area (TPSA) is 77.5 Å². The van der Waals surface area contributed by atoms with Crippen molar-refractivity contribution < 1.29 is 19.1 Å². The van der Waals surface area contributed by atoms with E-state index in [9.17, 15) is 9.59 Å². The minimum absolute atomic E-state index is 0.134. The minimum Gasteiger partial charge on any atom is -0.482 e. The number of hydrogen-bond donors (Lipinski definition) is 1. The summed E-state index contributed by atoms with van der Waals surface area (Å²) in [7, 11) is 0. The highest BCUT2D eigenvalue weighted by Gasteiger charge is 2.20. The fraction of sp³-hybridized carbons (Fsp3) is 0.235. The van der Waals surface area contributed by atoms with Gasteiger partial charge in [0.1, 0.15) is 5.75 Å². The number of esters is 1. The van der Waals surface area contributed by atoms with Crippen LogP contribution >= 0.6 is 23.2 Å². The van der Waals surface area contributed by atoms with Crippen LogP contribution in [-0.4, -0.2) is 29.6 Å². The van der Waals surface area contributed by atoms with Gasteiger partial charge in [-0.15, -0.1) is 0 Å². The lowest BCUT2D eigenvalue weighted by Gasteiger charge is -2.14. The third-order valence-corrected chi connectivity index (χ3v) is 3.66. The number of amides is 1. The van der Waals surface area contributed by atoms with Crippen LogP contribution in [0.4, 0.5) is 5.82 Å². The maximum Gasteiger partial charge on any atom is 0.344 e. The average molecular weight is 383 g/mol. The molecule has 0 radical (unpaired) electrons. The largest absolute Gasteiger partial charge is 0.482 e. The molecule has 1 amide bonds. The molecule has 2 aromatic rings. The Labute approximate surface area is 155 Å². The van der Waals surface area contributed by atoms with Gasteiger partial charge in [-0.3, -0.25) is 4.79 Å². The molecule has 6 nitrogen and oxygen atoms in total. The van der Waals surface area contributed by atoms with E-state index in [1.807, 2.05) is 19.1 Å². The Morgan fingerprint density at radius 2 is 2.00 bits per heavy atom. The van der Waals surface area contributed by atoms with Crippen molar-refractivity contribution in [1.82, 2.24) is 4.98 Å². The van der Waals surface area contributed by atoms with Crippen LogP contribution in [-0.2, 0) is 14.3 Å². The van der Waals surface area contributed by atoms with Gasteiger partial charge in [-0.25, -0.2) is 9.78 Å². The first-order chi connectivity index (χ1) is 11.9. The summed E-state index contributed by atoms with van der Waals surface area (Å²) in [5.41, 5.74) is 0.893. The Morgan fingerprint density at radius 3 is 2.68 bits per heavy atom. The van der Waals surface area contributed by atoms with Crippen molar-refractivity contribution in [2.75, 3.05) is 11.9 Å². The Hall–Kier alpha value is -2.31. The van der Waals surface area contributed by atoms with Crippen LogP contribution in [0, 0.1) is 6.92 Å². The number of para-hydroxylation sites is 1. The molecule has 0 saturated carbocycles. The van der Waals surface area contributed by atoms with E-state index in [-0.39, 0.29) is 17.4 Å². The van der Waals surface area contributed by atoms with E-state index in [1.165, 1.54) is 19.2 Å². The number of pyridine rings is 1. The number of aromatic nitrogens is 1.